The number of urea groups is 2. The number of amides is 5. The van der Waals surface area contributed by atoms with Crippen LogP contribution in [0, 0.1) is 0 Å². The van der Waals surface area contributed by atoms with E-state index in [-0.39, 0.29) is 36.2 Å². The lowest BCUT2D eigenvalue weighted by atomic mass is 9.89. The van der Waals surface area contributed by atoms with E-state index in [1.807, 2.05) is 46.2 Å². The number of piperidine rings is 2. The van der Waals surface area contributed by atoms with E-state index in [1.165, 1.54) is 5.56 Å². The molecule has 4 heterocycles. The number of para-hydroxylation sites is 1. The number of nitrogens with zero attached hydrogens (tertiary/aromatic N) is 4. The third kappa shape index (κ3) is 7.12. The molecule has 2 fully saturated rings. The first-order chi connectivity index (χ1) is 21.8. The van der Waals surface area contributed by atoms with Gasteiger partial charge in [0, 0.05) is 63.3 Å². The molecule has 6 rings (SSSR count). The van der Waals surface area contributed by atoms with E-state index in [2.05, 4.69) is 47.5 Å². The number of benzene rings is 2. The van der Waals surface area contributed by atoms with Gasteiger partial charge in [-0.05, 0) is 110 Å². The Kier molecular flexibility index (Phi) is 9.60. The lowest BCUT2D eigenvalue weighted by Crippen LogP contribution is -2.57. The summed E-state index contributed by atoms with van der Waals surface area (Å²) in [5.74, 6) is 0.332. The van der Waals surface area contributed by atoms with Crippen molar-refractivity contribution >= 4 is 55.5 Å². The molecule has 10 nitrogen and oxygen atoms in total. The summed E-state index contributed by atoms with van der Waals surface area (Å²) in [7, 11) is 0. The molecule has 45 heavy (non-hydrogen) atoms. The van der Waals surface area contributed by atoms with E-state index in [1.54, 1.807) is 29.4 Å². The molecule has 236 valence electrons. The summed E-state index contributed by atoms with van der Waals surface area (Å²) in [6.07, 6.45) is 6.87. The van der Waals surface area contributed by atoms with Gasteiger partial charge in [0.15, 0.2) is 0 Å². The van der Waals surface area contributed by atoms with Crippen LogP contribution in [-0.4, -0.2) is 81.0 Å². The van der Waals surface area contributed by atoms with Gasteiger partial charge in [0.25, 0.3) is 0 Å². The van der Waals surface area contributed by atoms with Crippen LogP contribution in [0.15, 0.2) is 69.9 Å². The number of rotatable bonds is 6. The van der Waals surface area contributed by atoms with Crippen molar-refractivity contribution in [1.82, 2.24) is 25.0 Å². The molecule has 0 bridgehead atoms. The maximum absolute atomic E-state index is 14.0. The molecular formula is C33H36Br2N6O4. The highest BCUT2D eigenvalue weighted by Gasteiger charge is 2.35. The third-order valence-electron chi connectivity index (χ3n) is 9.15. The van der Waals surface area contributed by atoms with Crippen molar-refractivity contribution in [3.63, 3.8) is 0 Å². The summed E-state index contributed by atoms with van der Waals surface area (Å²) < 4.78 is 1.02. The molecule has 3 aromatic rings. The Morgan fingerprint density at radius 2 is 1.60 bits per heavy atom. The predicted molar refractivity (Wildman–Crippen MR) is 178 cm³/mol. The first-order valence-electron chi connectivity index (χ1n) is 15.3. The summed E-state index contributed by atoms with van der Waals surface area (Å²) in [6.45, 7) is 2.72. The number of likely N-dealkylation sites (tertiary alicyclic amines) is 2. The second kappa shape index (κ2) is 13.8. The van der Waals surface area contributed by atoms with Gasteiger partial charge < -0.3 is 30.4 Å². The molecule has 3 aliphatic rings. The Morgan fingerprint density at radius 3 is 2.29 bits per heavy atom. The average Bonchev–Trinajstić information content (AvgIpc) is 3.06. The number of nitrogens with one attached hydrogen (secondary N) is 2. The molecule has 3 aliphatic heterocycles. The molecule has 0 unspecified atom stereocenters. The third-order valence-corrected chi connectivity index (χ3v) is 10.4. The van der Waals surface area contributed by atoms with Crippen LogP contribution in [-0.2, 0) is 17.8 Å². The monoisotopic (exact) mass is 738 g/mol. The highest BCUT2D eigenvalue weighted by Crippen LogP contribution is 2.34. The van der Waals surface area contributed by atoms with Gasteiger partial charge in [-0.2, -0.15) is 0 Å². The van der Waals surface area contributed by atoms with Crippen molar-refractivity contribution in [1.29, 1.82) is 0 Å². The number of pyridine rings is 1. The second-order valence-electron chi connectivity index (χ2n) is 11.9. The normalized spacial score (nSPS) is 18.3. The predicted octanol–water partition coefficient (Wildman–Crippen LogP) is 5.85. The average molecular weight is 740 g/mol. The summed E-state index contributed by atoms with van der Waals surface area (Å²) >= 11 is 6.77. The Bertz CT molecular complexity index is 1530. The fourth-order valence-corrected chi connectivity index (χ4v) is 7.88. The van der Waals surface area contributed by atoms with E-state index in [0.717, 1.165) is 29.7 Å². The standard InChI is InChI=1S/C33H36Br2N6O4/c34-26-17-21(18-27(35)30(26)42)19-29(31(43)39-13-7-23(8-14-39)22-5-11-36-12-6-22)38-32(44)40-15-9-25(10-16-40)41-20-24-3-1-2-4-28(24)37-33(41)45/h1-6,11-12,17-18,23,25,29,42H,7-10,13-16,19-20H2,(H,37,45)(H,38,44)/t29-/m1/s1. The molecule has 2 aromatic carbocycles. The van der Waals surface area contributed by atoms with E-state index in [9.17, 15) is 19.5 Å². The Morgan fingerprint density at radius 1 is 0.956 bits per heavy atom. The first kappa shape index (κ1) is 31.3. The van der Waals surface area contributed by atoms with Crippen LogP contribution >= 0.6 is 31.9 Å². The van der Waals surface area contributed by atoms with Gasteiger partial charge in [0.2, 0.25) is 5.91 Å². The number of phenolic OH excluding ortho intramolecular Hbond substituents is 1. The van der Waals surface area contributed by atoms with E-state index < -0.39 is 6.04 Å². The minimum Gasteiger partial charge on any atom is -0.506 e. The molecule has 1 aromatic heterocycles. The molecule has 0 aliphatic carbocycles. The van der Waals surface area contributed by atoms with Gasteiger partial charge in [0.05, 0.1) is 8.95 Å². The zero-order valence-electron chi connectivity index (χ0n) is 24.8. The van der Waals surface area contributed by atoms with Crippen LogP contribution < -0.4 is 10.6 Å². The first-order valence-corrected chi connectivity index (χ1v) is 16.9. The number of halogens is 2. The molecular weight excluding hydrogens is 704 g/mol. The molecule has 5 amide bonds. The minimum absolute atomic E-state index is 0.0215. The van der Waals surface area contributed by atoms with Crippen LogP contribution in [0.3, 0.4) is 0 Å². The van der Waals surface area contributed by atoms with E-state index in [4.69, 9.17) is 0 Å². The van der Waals surface area contributed by atoms with Gasteiger partial charge in [-0.1, -0.05) is 18.2 Å². The van der Waals surface area contributed by atoms with Crippen LogP contribution in [0.1, 0.15) is 48.3 Å². The summed E-state index contributed by atoms with van der Waals surface area (Å²) in [4.78, 5) is 50.0. The molecule has 12 heteroatoms. The molecule has 1 atom stereocenters. The SMILES string of the molecule is O=C(N[C@H](Cc1cc(Br)c(O)c(Br)c1)C(=O)N1CCC(c2ccncc2)CC1)N1CCC(N2Cc3ccccc3NC2=O)CC1. The largest absolute Gasteiger partial charge is 0.506 e. The topological polar surface area (TPSA) is 118 Å². The molecule has 2 saturated heterocycles. The zero-order valence-corrected chi connectivity index (χ0v) is 28.0. The maximum atomic E-state index is 14.0. The minimum atomic E-state index is -0.777. The molecule has 0 spiro atoms. The fraction of sp³-hybridized carbons (Fsp3) is 0.394. The van der Waals surface area contributed by atoms with E-state index >= 15 is 0 Å². The Hall–Kier alpha value is -3.64. The molecule has 3 N–H and O–H groups in total. The van der Waals surface area contributed by atoms with Crippen molar-refractivity contribution in [2.24, 2.45) is 0 Å². The fourth-order valence-electron chi connectivity index (χ4n) is 6.60. The lowest BCUT2D eigenvalue weighted by Gasteiger charge is -2.41. The molecule has 0 radical (unpaired) electrons. The number of fused-ring (bicyclic) bond motifs is 1. The van der Waals surface area contributed by atoms with Gasteiger partial charge in [0.1, 0.15) is 11.8 Å². The highest BCUT2D eigenvalue weighted by atomic mass is 79.9. The van der Waals surface area contributed by atoms with Crippen molar-refractivity contribution < 1.29 is 19.5 Å². The maximum Gasteiger partial charge on any atom is 0.322 e. The number of hydrogen-bond acceptors (Lipinski definition) is 5. The Labute approximate surface area is 279 Å². The van der Waals surface area contributed by atoms with Crippen molar-refractivity contribution in [2.45, 2.75) is 56.7 Å². The molecule has 0 saturated carbocycles. The number of aromatic hydroxyl groups is 1. The van der Waals surface area contributed by atoms with Gasteiger partial charge in [-0.15, -0.1) is 0 Å². The number of carbonyl (C=O) groups excluding carboxylic acids is 3. The van der Waals surface area contributed by atoms with Crippen molar-refractivity contribution in [3.05, 3.63) is 86.6 Å². The lowest BCUT2D eigenvalue weighted by molar-refractivity contribution is -0.134. The van der Waals surface area contributed by atoms with Gasteiger partial charge >= 0.3 is 12.1 Å². The van der Waals surface area contributed by atoms with Crippen LogP contribution in [0.2, 0.25) is 0 Å². The van der Waals surface area contributed by atoms with Gasteiger partial charge in [-0.3, -0.25) is 9.78 Å². The van der Waals surface area contributed by atoms with Crippen LogP contribution in [0.25, 0.3) is 0 Å². The smallest absolute Gasteiger partial charge is 0.322 e. The van der Waals surface area contributed by atoms with Crippen LogP contribution in [0.5, 0.6) is 5.75 Å². The van der Waals surface area contributed by atoms with E-state index in [0.29, 0.717) is 60.4 Å². The number of aromatic nitrogens is 1. The number of hydrogen-bond donors (Lipinski definition) is 3. The second-order valence-corrected chi connectivity index (χ2v) is 13.6. The summed E-state index contributed by atoms with van der Waals surface area (Å²) in [5, 5.41) is 16.2. The van der Waals surface area contributed by atoms with Crippen molar-refractivity contribution in [3.8, 4) is 5.75 Å². The number of carbonyl (C=O) groups is 3. The number of anilines is 1. The van der Waals surface area contributed by atoms with Gasteiger partial charge in [-0.25, -0.2) is 9.59 Å². The summed E-state index contributed by atoms with van der Waals surface area (Å²) in [6, 6.07) is 14.3. The number of phenols is 1. The van der Waals surface area contributed by atoms with Crippen LogP contribution in [0.4, 0.5) is 15.3 Å². The summed E-state index contributed by atoms with van der Waals surface area (Å²) in [5.41, 5.74) is 3.96. The zero-order chi connectivity index (χ0) is 31.5. The Balaban J connectivity index is 1.11. The quantitative estimate of drug-likeness (QED) is 0.293. The highest BCUT2D eigenvalue weighted by molar-refractivity contribution is 9.11. The van der Waals surface area contributed by atoms with Crippen molar-refractivity contribution in [2.75, 3.05) is 31.5 Å².